The maximum atomic E-state index is 12.7. The van der Waals surface area contributed by atoms with E-state index in [1.54, 1.807) is 45.0 Å². The first-order valence-corrected chi connectivity index (χ1v) is 11.2. The molecule has 1 amide bonds. The molecule has 0 spiro atoms. The lowest BCUT2D eigenvalue weighted by atomic mass is 9.99. The summed E-state index contributed by atoms with van der Waals surface area (Å²) in [6, 6.07) is 5.94. The summed E-state index contributed by atoms with van der Waals surface area (Å²) >= 11 is 6.05. The Morgan fingerprint density at radius 1 is 1.28 bits per heavy atom. The summed E-state index contributed by atoms with van der Waals surface area (Å²) in [4.78, 5) is 12.2. The lowest BCUT2D eigenvalue weighted by molar-refractivity contribution is 0.0473. The summed E-state index contributed by atoms with van der Waals surface area (Å²) in [6.07, 6.45) is 0.0337. The summed E-state index contributed by atoms with van der Waals surface area (Å²) in [6.45, 7) is 9.05. The number of nitrogens with one attached hydrogen (secondary N) is 1. The summed E-state index contributed by atoms with van der Waals surface area (Å²) in [7, 11) is -3.91. The van der Waals surface area contributed by atoms with E-state index in [-0.39, 0.29) is 17.6 Å². The van der Waals surface area contributed by atoms with E-state index in [1.165, 1.54) is 0 Å². The molecule has 8 nitrogen and oxygen atoms in total. The van der Waals surface area contributed by atoms with E-state index in [0.717, 1.165) is 0 Å². The number of sulfone groups is 1. The van der Waals surface area contributed by atoms with Crippen LogP contribution in [0.5, 0.6) is 0 Å². The van der Waals surface area contributed by atoms with Crippen molar-refractivity contribution in [3.8, 4) is 0 Å². The van der Waals surface area contributed by atoms with Crippen molar-refractivity contribution in [3.05, 3.63) is 40.7 Å². The molecule has 1 aromatic carbocycles. The molecule has 2 atom stereocenters. The minimum Gasteiger partial charge on any atom is -0.444 e. The Morgan fingerprint density at radius 3 is 2.52 bits per heavy atom. The number of amides is 1. The van der Waals surface area contributed by atoms with Crippen molar-refractivity contribution in [2.75, 3.05) is 0 Å². The van der Waals surface area contributed by atoms with Gasteiger partial charge >= 0.3 is 11.3 Å². The molecule has 0 aliphatic rings. The second kappa shape index (κ2) is 9.13. The molecule has 29 heavy (non-hydrogen) atoms. The molecule has 2 rings (SSSR count). The normalized spacial score (nSPS) is 14.3. The molecule has 0 aliphatic heterocycles. The minimum atomic E-state index is -3.91. The first-order chi connectivity index (χ1) is 13.4. The van der Waals surface area contributed by atoms with E-state index in [4.69, 9.17) is 20.8 Å². The molecule has 0 aliphatic carbocycles. The Balaban J connectivity index is 2.25. The predicted molar refractivity (Wildman–Crippen MR) is 108 cm³/mol. The molecular weight excluding hydrogens is 418 g/mol. The first-order valence-electron chi connectivity index (χ1n) is 9.22. The van der Waals surface area contributed by atoms with Crippen LogP contribution >= 0.6 is 11.6 Å². The van der Waals surface area contributed by atoms with Crippen molar-refractivity contribution in [3.63, 3.8) is 0 Å². The van der Waals surface area contributed by atoms with E-state index in [2.05, 4.69) is 15.5 Å². The molecule has 10 heteroatoms. The number of alkyl carbamates (subject to hydrolysis) is 1. The molecule has 0 bridgehead atoms. The Hall–Kier alpha value is -2.13. The van der Waals surface area contributed by atoms with Crippen molar-refractivity contribution in [2.45, 2.75) is 63.7 Å². The molecule has 0 saturated carbocycles. The van der Waals surface area contributed by atoms with Gasteiger partial charge in [0.05, 0.1) is 5.75 Å². The zero-order valence-electron chi connectivity index (χ0n) is 17.1. The zero-order chi connectivity index (χ0) is 21.8. The topological polar surface area (TPSA) is 111 Å². The summed E-state index contributed by atoms with van der Waals surface area (Å²) < 4.78 is 36.1. The van der Waals surface area contributed by atoms with E-state index < -0.39 is 32.8 Å². The molecule has 1 N–H and O–H groups in total. The van der Waals surface area contributed by atoms with Gasteiger partial charge in [-0.2, -0.15) is 0 Å². The SMILES string of the molecule is CCC(C)[C@H](NC(=O)OC(C)(C)C)c1nnc(S(=O)(=O)Cc2ccccc2Cl)o1. The van der Waals surface area contributed by atoms with Crippen LogP contribution in [0.3, 0.4) is 0 Å². The Morgan fingerprint density at radius 2 is 1.93 bits per heavy atom. The third-order valence-electron chi connectivity index (χ3n) is 4.14. The number of halogens is 1. The smallest absolute Gasteiger partial charge is 0.408 e. The Kier molecular flexibility index (Phi) is 7.29. The Labute approximate surface area is 175 Å². The van der Waals surface area contributed by atoms with Crippen molar-refractivity contribution < 1.29 is 22.4 Å². The van der Waals surface area contributed by atoms with Crippen molar-refractivity contribution >= 4 is 27.5 Å². The highest BCUT2D eigenvalue weighted by Gasteiger charge is 2.31. The molecule has 2 aromatic rings. The van der Waals surface area contributed by atoms with Crippen molar-refractivity contribution in [1.29, 1.82) is 0 Å². The largest absolute Gasteiger partial charge is 0.444 e. The van der Waals surface area contributed by atoms with Crippen LogP contribution in [0.1, 0.15) is 58.5 Å². The molecule has 0 saturated heterocycles. The molecule has 1 heterocycles. The maximum absolute atomic E-state index is 12.7. The van der Waals surface area contributed by atoms with Gasteiger partial charge in [-0.1, -0.05) is 55.2 Å². The van der Waals surface area contributed by atoms with Gasteiger partial charge in [0, 0.05) is 5.02 Å². The van der Waals surface area contributed by atoms with Crippen LogP contribution in [-0.4, -0.2) is 30.3 Å². The fourth-order valence-corrected chi connectivity index (χ4v) is 3.92. The number of nitrogens with zero attached hydrogens (tertiary/aromatic N) is 2. The lowest BCUT2D eigenvalue weighted by Crippen LogP contribution is -2.37. The molecule has 0 fully saturated rings. The van der Waals surface area contributed by atoms with Gasteiger partial charge < -0.3 is 14.5 Å². The van der Waals surface area contributed by atoms with Gasteiger partial charge in [-0.25, -0.2) is 13.2 Å². The van der Waals surface area contributed by atoms with Gasteiger partial charge in [0.25, 0.3) is 0 Å². The van der Waals surface area contributed by atoms with Gasteiger partial charge in [-0.3, -0.25) is 0 Å². The number of ether oxygens (including phenoxy) is 1. The second-order valence-electron chi connectivity index (χ2n) is 7.77. The van der Waals surface area contributed by atoms with Crippen LogP contribution in [0.2, 0.25) is 5.02 Å². The fourth-order valence-electron chi connectivity index (χ4n) is 2.47. The number of aromatic nitrogens is 2. The summed E-state index contributed by atoms with van der Waals surface area (Å²) in [5.41, 5.74) is -0.248. The van der Waals surface area contributed by atoms with Crippen molar-refractivity contribution in [2.24, 2.45) is 5.92 Å². The number of benzene rings is 1. The van der Waals surface area contributed by atoms with E-state index >= 15 is 0 Å². The third kappa shape index (κ3) is 6.43. The van der Waals surface area contributed by atoms with Crippen LogP contribution in [-0.2, 0) is 20.3 Å². The second-order valence-corrected chi connectivity index (χ2v) is 10.0. The average Bonchev–Trinajstić information content (AvgIpc) is 3.10. The van der Waals surface area contributed by atoms with E-state index in [0.29, 0.717) is 17.0 Å². The van der Waals surface area contributed by atoms with Crippen LogP contribution in [0, 0.1) is 5.92 Å². The number of hydrogen-bond acceptors (Lipinski definition) is 7. The van der Waals surface area contributed by atoms with Gasteiger partial charge in [0.15, 0.2) is 0 Å². The van der Waals surface area contributed by atoms with Gasteiger partial charge in [0.1, 0.15) is 11.6 Å². The highest BCUT2D eigenvalue weighted by Crippen LogP contribution is 2.27. The van der Waals surface area contributed by atoms with Gasteiger partial charge in [-0.05, 0) is 38.3 Å². The molecule has 0 radical (unpaired) electrons. The zero-order valence-corrected chi connectivity index (χ0v) is 18.7. The molecule has 1 unspecified atom stereocenters. The lowest BCUT2D eigenvalue weighted by Gasteiger charge is -2.24. The standard InChI is InChI=1S/C19H26ClN3O5S/c1-6-12(2)15(21-17(24)28-19(3,4)5)16-22-23-18(27-16)29(25,26)11-13-9-7-8-10-14(13)20/h7-10,12,15H,6,11H2,1-5H3,(H,21,24)/t12?,15-/m0/s1. The first kappa shape index (κ1) is 23.2. The molecule has 1 aromatic heterocycles. The molecule has 160 valence electrons. The summed E-state index contributed by atoms with van der Waals surface area (Å²) in [5.74, 6) is -0.466. The van der Waals surface area contributed by atoms with Crippen molar-refractivity contribution in [1.82, 2.24) is 15.5 Å². The Bertz CT molecular complexity index is 953. The minimum absolute atomic E-state index is 0.00272. The van der Waals surface area contributed by atoms with Crippen LogP contribution < -0.4 is 5.32 Å². The van der Waals surface area contributed by atoms with Crippen LogP contribution in [0.4, 0.5) is 4.79 Å². The number of carbonyl (C=O) groups excluding carboxylic acids is 1. The van der Waals surface area contributed by atoms with E-state index in [1.807, 2.05) is 13.8 Å². The quantitative estimate of drug-likeness (QED) is 0.678. The average molecular weight is 444 g/mol. The molecular formula is C19H26ClN3O5S. The maximum Gasteiger partial charge on any atom is 0.408 e. The fraction of sp³-hybridized carbons (Fsp3) is 0.526. The summed E-state index contributed by atoms with van der Waals surface area (Å²) in [5, 5.41) is 10.1. The third-order valence-corrected chi connectivity index (χ3v) is 5.90. The highest BCUT2D eigenvalue weighted by molar-refractivity contribution is 7.90. The monoisotopic (exact) mass is 443 g/mol. The number of hydrogen-bond donors (Lipinski definition) is 1. The highest BCUT2D eigenvalue weighted by atomic mass is 35.5. The van der Waals surface area contributed by atoms with Gasteiger partial charge in [-0.15, -0.1) is 5.10 Å². The number of carbonyl (C=O) groups is 1. The van der Waals surface area contributed by atoms with E-state index in [9.17, 15) is 13.2 Å². The number of rotatable bonds is 7. The van der Waals surface area contributed by atoms with Gasteiger partial charge in [0.2, 0.25) is 15.7 Å². The predicted octanol–water partition coefficient (Wildman–Crippen LogP) is 4.31. The van der Waals surface area contributed by atoms with Crippen LogP contribution in [0.15, 0.2) is 33.9 Å². The van der Waals surface area contributed by atoms with Crippen LogP contribution in [0.25, 0.3) is 0 Å².